The average molecular weight is 307 g/mol. The number of benzene rings is 1. The third-order valence-electron chi connectivity index (χ3n) is 2.99. The first kappa shape index (κ1) is 17.6. The third kappa shape index (κ3) is 7.75. The summed E-state index contributed by atoms with van der Waals surface area (Å²) in [5.41, 5.74) is 6.50. The van der Waals surface area contributed by atoms with Gasteiger partial charge in [-0.15, -0.1) is 5.10 Å². The zero-order valence-electron chi connectivity index (χ0n) is 12.9. The highest BCUT2D eigenvalue weighted by molar-refractivity contribution is 8.13. The molecule has 5 heteroatoms. The summed E-state index contributed by atoms with van der Waals surface area (Å²) in [5, 5.41) is 8.30. The molecule has 0 aromatic heterocycles. The minimum Gasteiger partial charge on any atom is -0.493 e. The molecule has 0 heterocycles. The van der Waals surface area contributed by atoms with Gasteiger partial charge in [0, 0.05) is 5.56 Å². The quantitative estimate of drug-likeness (QED) is 0.324. The molecule has 4 nitrogen and oxygen atoms in total. The number of unbranched alkanes of at least 4 members (excludes halogenated alkanes) is 4. The first-order valence-corrected chi connectivity index (χ1v) is 8.62. The molecular weight excluding hydrogens is 282 g/mol. The molecule has 0 aliphatic heterocycles. The van der Waals surface area contributed by atoms with E-state index in [9.17, 15) is 0 Å². The van der Waals surface area contributed by atoms with Gasteiger partial charge in [0.25, 0.3) is 0 Å². The van der Waals surface area contributed by atoms with Crippen molar-refractivity contribution in [3.63, 3.8) is 0 Å². The standard InChI is InChI=1S/C16H25N3OS/c1-3-4-5-6-9-12-20-15-11-8-7-10-14(15)13-18-19-16(17)21-2/h7-8,10-11,13H,3-6,9,12H2,1-2H3,(H2,17,19)/b18-13-. The maximum Gasteiger partial charge on any atom is 0.180 e. The topological polar surface area (TPSA) is 60.0 Å². The summed E-state index contributed by atoms with van der Waals surface area (Å²) in [4.78, 5) is 0. The van der Waals surface area contributed by atoms with Crippen LogP contribution in [-0.2, 0) is 0 Å². The second-order valence-electron chi connectivity index (χ2n) is 4.69. The van der Waals surface area contributed by atoms with Crippen molar-refractivity contribution in [2.75, 3.05) is 12.9 Å². The lowest BCUT2D eigenvalue weighted by atomic mass is 10.2. The number of nitrogens with zero attached hydrogens (tertiary/aromatic N) is 2. The van der Waals surface area contributed by atoms with Gasteiger partial charge in [-0.25, -0.2) is 0 Å². The van der Waals surface area contributed by atoms with Crippen molar-refractivity contribution in [1.82, 2.24) is 0 Å². The maximum absolute atomic E-state index is 5.83. The molecule has 0 aliphatic carbocycles. The molecule has 0 bridgehead atoms. The highest BCUT2D eigenvalue weighted by Gasteiger charge is 2.00. The van der Waals surface area contributed by atoms with Gasteiger partial charge in [0.1, 0.15) is 5.75 Å². The Hall–Kier alpha value is -1.49. The van der Waals surface area contributed by atoms with E-state index in [-0.39, 0.29) is 0 Å². The summed E-state index contributed by atoms with van der Waals surface area (Å²) in [5.74, 6) is 0.842. The molecule has 0 atom stereocenters. The molecule has 1 aromatic rings. The number of nitrogens with two attached hydrogens (primary N) is 1. The maximum atomic E-state index is 5.83. The predicted octanol–water partition coefficient (Wildman–Crippen LogP) is 4.05. The van der Waals surface area contributed by atoms with Gasteiger partial charge in [-0.05, 0) is 24.8 Å². The number of para-hydroxylation sites is 1. The van der Waals surface area contributed by atoms with Crippen molar-refractivity contribution in [2.45, 2.75) is 39.0 Å². The van der Waals surface area contributed by atoms with Gasteiger partial charge < -0.3 is 10.5 Å². The van der Waals surface area contributed by atoms with Gasteiger partial charge in [-0.1, -0.05) is 56.5 Å². The Balaban J connectivity index is 2.47. The monoisotopic (exact) mass is 307 g/mol. The van der Waals surface area contributed by atoms with Crippen LogP contribution in [0.2, 0.25) is 0 Å². The molecule has 1 rings (SSSR count). The number of ether oxygens (including phenoxy) is 1. The summed E-state index contributed by atoms with van der Waals surface area (Å²) < 4.78 is 5.83. The number of hydrogen-bond donors (Lipinski definition) is 1. The Morgan fingerprint density at radius 2 is 2.00 bits per heavy atom. The van der Waals surface area contributed by atoms with Crippen LogP contribution >= 0.6 is 11.8 Å². The zero-order chi connectivity index (χ0) is 15.3. The zero-order valence-corrected chi connectivity index (χ0v) is 13.7. The molecule has 116 valence electrons. The number of hydrogen-bond acceptors (Lipinski definition) is 4. The van der Waals surface area contributed by atoms with Crippen LogP contribution in [0.1, 0.15) is 44.6 Å². The second-order valence-corrected chi connectivity index (χ2v) is 5.51. The van der Waals surface area contributed by atoms with Gasteiger partial charge in [0.2, 0.25) is 0 Å². The van der Waals surface area contributed by atoms with Gasteiger partial charge in [0.15, 0.2) is 5.17 Å². The van der Waals surface area contributed by atoms with Crippen molar-refractivity contribution in [1.29, 1.82) is 0 Å². The van der Waals surface area contributed by atoms with Gasteiger partial charge in [-0.3, -0.25) is 0 Å². The summed E-state index contributed by atoms with van der Waals surface area (Å²) in [6, 6.07) is 7.83. The summed E-state index contributed by atoms with van der Waals surface area (Å²) in [7, 11) is 0. The van der Waals surface area contributed by atoms with E-state index in [0.717, 1.165) is 24.3 Å². The predicted molar refractivity (Wildman–Crippen MR) is 93.4 cm³/mol. The highest BCUT2D eigenvalue weighted by Crippen LogP contribution is 2.16. The lowest BCUT2D eigenvalue weighted by Gasteiger charge is -2.08. The molecule has 0 saturated carbocycles. The highest BCUT2D eigenvalue weighted by atomic mass is 32.2. The Morgan fingerprint density at radius 1 is 1.24 bits per heavy atom. The van der Waals surface area contributed by atoms with E-state index in [4.69, 9.17) is 10.5 Å². The van der Waals surface area contributed by atoms with Crippen molar-refractivity contribution in [3.8, 4) is 5.75 Å². The van der Waals surface area contributed by atoms with Crippen molar-refractivity contribution >= 4 is 23.1 Å². The van der Waals surface area contributed by atoms with Gasteiger partial charge >= 0.3 is 0 Å². The molecule has 0 aliphatic rings. The van der Waals surface area contributed by atoms with Crippen molar-refractivity contribution in [2.24, 2.45) is 15.9 Å². The molecule has 0 saturated heterocycles. The second kappa shape index (κ2) is 11.2. The lowest BCUT2D eigenvalue weighted by molar-refractivity contribution is 0.304. The van der Waals surface area contributed by atoms with Crippen LogP contribution < -0.4 is 10.5 Å². The molecule has 0 fully saturated rings. The minimum atomic E-state index is 0.445. The summed E-state index contributed by atoms with van der Waals surface area (Å²) in [6.45, 7) is 2.96. The Kier molecular flexibility index (Phi) is 9.37. The molecule has 21 heavy (non-hydrogen) atoms. The first-order valence-electron chi connectivity index (χ1n) is 7.40. The van der Waals surface area contributed by atoms with E-state index < -0.39 is 0 Å². The number of thioether (sulfide) groups is 1. The van der Waals surface area contributed by atoms with E-state index in [0.29, 0.717) is 5.17 Å². The van der Waals surface area contributed by atoms with Gasteiger partial charge in [-0.2, -0.15) is 5.10 Å². The van der Waals surface area contributed by atoms with Crippen LogP contribution in [0.5, 0.6) is 5.75 Å². The van der Waals surface area contributed by atoms with E-state index in [1.807, 2.05) is 30.5 Å². The molecule has 0 unspecified atom stereocenters. The first-order chi connectivity index (χ1) is 10.3. The Labute approximate surface area is 131 Å². The van der Waals surface area contributed by atoms with Crippen LogP contribution in [0.25, 0.3) is 0 Å². The SMILES string of the molecule is CCCCCCCOc1ccccc1/C=N\N=C(/N)SC. The van der Waals surface area contributed by atoms with Crippen LogP contribution in [0.15, 0.2) is 34.5 Å². The largest absolute Gasteiger partial charge is 0.493 e. The molecule has 2 N–H and O–H groups in total. The smallest absolute Gasteiger partial charge is 0.180 e. The average Bonchev–Trinajstić information content (AvgIpc) is 2.51. The van der Waals surface area contributed by atoms with Crippen LogP contribution in [0.3, 0.4) is 0 Å². The van der Waals surface area contributed by atoms with E-state index in [1.54, 1.807) is 6.21 Å². The molecule has 0 spiro atoms. The van der Waals surface area contributed by atoms with Gasteiger partial charge in [0.05, 0.1) is 12.8 Å². The summed E-state index contributed by atoms with van der Waals surface area (Å²) in [6.07, 6.45) is 9.70. The molecular formula is C16H25N3OS. The van der Waals surface area contributed by atoms with E-state index in [2.05, 4.69) is 17.1 Å². The van der Waals surface area contributed by atoms with E-state index in [1.165, 1.54) is 37.4 Å². The Bertz CT molecular complexity index is 461. The number of rotatable bonds is 9. The van der Waals surface area contributed by atoms with E-state index >= 15 is 0 Å². The lowest BCUT2D eigenvalue weighted by Crippen LogP contribution is -2.04. The fourth-order valence-electron chi connectivity index (χ4n) is 1.80. The minimum absolute atomic E-state index is 0.445. The van der Waals surface area contributed by atoms with Crippen LogP contribution in [0.4, 0.5) is 0 Å². The fourth-order valence-corrected chi connectivity index (χ4v) is 1.92. The molecule has 1 aromatic carbocycles. The van der Waals surface area contributed by atoms with Crippen LogP contribution in [-0.4, -0.2) is 24.2 Å². The van der Waals surface area contributed by atoms with Crippen molar-refractivity contribution < 1.29 is 4.74 Å². The fraction of sp³-hybridized carbons (Fsp3) is 0.500. The van der Waals surface area contributed by atoms with Crippen molar-refractivity contribution in [3.05, 3.63) is 29.8 Å². The Morgan fingerprint density at radius 3 is 2.76 bits per heavy atom. The normalized spacial score (nSPS) is 12.0. The third-order valence-corrected chi connectivity index (χ3v) is 3.49. The van der Waals surface area contributed by atoms with Crippen LogP contribution in [0, 0.1) is 0 Å². The molecule has 0 amide bonds. The molecule has 0 radical (unpaired) electrons. The number of amidine groups is 1. The summed E-state index contributed by atoms with van der Waals surface area (Å²) >= 11 is 1.37.